The highest BCUT2D eigenvalue weighted by Crippen LogP contribution is 2.39. The molecule has 1 aromatic rings. The van der Waals surface area contributed by atoms with Gasteiger partial charge in [0.1, 0.15) is 0 Å². The molecular formula is C13H21N3OS. The summed E-state index contributed by atoms with van der Waals surface area (Å²) in [6.45, 7) is 4.50. The Hall–Kier alpha value is -0.970. The lowest BCUT2D eigenvalue weighted by atomic mass is 10.1. The van der Waals surface area contributed by atoms with Gasteiger partial charge in [0.25, 0.3) is 5.91 Å². The third-order valence-electron chi connectivity index (χ3n) is 3.87. The minimum absolute atomic E-state index is 0.000856. The maximum atomic E-state index is 12.2. The molecule has 0 unspecified atom stereocenters. The summed E-state index contributed by atoms with van der Waals surface area (Å²) in [6.07, 6.45) is 7.11. The molecular weight excluding hydrogens is 246 g/mol. The normalized spacial score (nSPS) is 17.9. The monoisotopic (exact) mass is 267 g/mol. The summed E-state index contributed by atoms with van der Waals surface area (Å²) in [5.41, 5.74) is 2.31. The predicted octanol–water partition coefficient (Wildman–Crippen LogP) is 2.43. The van der Waals surface area contributed by atoms with Crippen LogP contribution in [0.15, 0.2) is 0 Å². The van der Waals surface area contributed by atoms with Crippen molar-refractivity contribution in [2.45, 2.75) is 44.3 Å². The number of hydrogen-bond donors (Lipinski definition) is 2. The maximum Gasteiger partial charge on any atom is 0.255 e. The summed E-state index contributed by atoms with van der Waals surface area (Å²) >= 11 is 1.89. The number of carbonyl (C=O) groups is 1. The van der Waals surface area contributed by atoms with Crippen molar-refractivity contribution in [2.24, 2.45) is 0 Å². The number of carbonyl (C=O) groups excluding carboxylic acids is 1. The van der Waals surface area contributed by atoms with Crippen LogP contribution in [0.1, 0.15) is 47.4 Å². The van der Waals surface area contributed by atoms with Gasteiger partial charge in [0.05, 0.1) is 11.3 Å². The van der Waals surface area contributed by atoms with Gasteiger partial charge in [-0.1, -0.05) is 12.8 Å². The zero-order chi connectivity index (χ0) is 13.2. The van der Waals surface area contributed by atoms with Crippen molar-refractivity contribution in [3.05, 3.63) is 17.0 Å². The summed E-state index contributed by atoms with van der Waals surface area (Å²) in [6, 6.07) is 0. The molecule has 5 heteroatoms. The van der Waals surface area contributed by atoms with Gasteiger partial charge < -0.3 is 5.32 Å². The van der Waals surface area contributed by atoms with Crippen LogP contribution in [0, 0.1) is 13.8 Å². The Morgan fingerprint density at radius 1 is 1.44 bits per heavy atom. The van der Waals surface area contributed by atoms with Crippen molar-refractivity contribution in [3.8, 4) is 0 Å². The second-order valence-corrected chi connectivity index (χ2v) is 6.36. The molecule has 0 saturated heterocycles. The quantitative estimate of drug-likeness (QED) is 0.881. The van der Waals surface area contributed by atoms with Gasteiger partial charge in [-0.2, -0.15) is 16.9 Å². The van der Waals surface area contributed by atoms with E-state index in [2.05, 4.69) is 21.8 Å². The fraction of sp³-hybridized carbons (Fsp3) is 0.692. The standard InChI is InChI=1S/C13H21N3OS/c1-9-11(10(2)16-15-9)12(17)14-8-13(18-3)6-4-5-7-13/h4-8H2,1-3H3,(H,14,17)(H,15,16). The van der Waals surface area contributed by atoms with Crippen LogP contribution in [-0.4, -0.2) is 33.7 Å². The second-order valence-electron chi connectivity index (χ2n) is 5.09. The topological polar surface area (TPSA) is 57.8 Å². The fourth-order valence-electron chi connectivity index (χ4n) is 2.69. The fourth-order valence-corrected chi connectivity index (χ4v) is 3.60. The maximum absolute atomic E-state index is 12.2. The minimum atomic E-state index is -0.000856. The summed E-state index contributed by atoms with van der Waals surface area (Å²) in [5, 5.41) is 10.00. The van der Waals surface area contributed by atoms with Crippen molar-refractivity contribution in [3.63, 3.8) is 0 Å². The average molecular weight is 267 g/mol. The van der Waals surface area contributed by atoms with E-state index in [1.54, 1.807) is 0 Å². The predicted molar refractivity (Wildman–Crippen MR) is 75.1 cm³/mol. The first-order chi connectivity index (χ1) is 8.58. The molecule has 1 aliphatic rings. The van der Waals surface area contributed by atoms with Gasteiger partial charge in [-0.05, 0) is 32.9 Å². The van der Waals surface area contributed by atoms with Gasteiger partial charge in [-0.3, -0.25) is 9.89 Å². The van der Waals surface area contributed by atoms with Gasteiger partial charge in [0.15, 0.2) is 0 Å². The van der Waals surface area contributed by atoms with Gasteiger partial charge >= 0.3 is 0 Å². The molecule has 0 atom stereocenters. The Bertz CT molecular complexity index is 416. The highest BCUT2D eigenvalue weighted by Gasteiger charge is 2.33. The molecule has 1 aliphatic carbocycles. The molecule has 4 nitrogen and oxygen atoms in total. The van der Waals surface area contributed by atoms with E-state index in [1.165, 1.54) is 25.7 Å². The van der Waals surface area contributed by atoms with Crippen LogP contribution in [0.4, 0.5) is 0 Å². The second kappa shape index (κ2) is 5.34. The number of nitrogens with zero attached hydrogens (tertiary/aromatic N) is 1. The minimum Gasteiger partial charge on any atom is -0.351 e. The molecule has 1 aromatic heterocycles. The van der Waals surface area contributed by atoms with Gasteiger partial charge in [0, 0.05) is 17.0 Å². The molecule has 2 rings (SSSR count). The first-order valence-electron chi connectivity index (χ1n) is 6.43. The van der Waals surface area contributed by atoms with Crippen molar-refractivity contribution >= 4 is 17.7 Å². The molecule has 1 fully saturated rings. The Kier molecular flexibility index (Phi) is 4.00. The number of amides is 1. The van der Waals surface area contributed by atoms with Crippen LogP contribution in [-0.2, 0) is 0 Å². The Morgan fingerprint density at radius 3 is 2.61 bits per heavy atom. The lowest BCUT2D eigenvalue weighted by Gasteiger charge is -2.26. The number of aryl methyl sites for hydroxylation is 2. The summed E-state index contributed by atoms with van der Waals surface area (Å²) in [4.78, 5) is 12.2. The van der Waals surface area contributed by atoms with Crippen LogP contribution < -0.4 is 5.32 Å². The third kappa shape index (κ3) is 2.55. The summed E-state index contributed by atoms with van der Waals surface area (Å²) in [7, 11) is 0. The van der Waals surface area contributed by atoms with E-state index < -0.39 is 0 Å². The largest absolute Gasteiger partial charge is 0.351 e. The van der Waals surface area contributed by atoms with Crippen LogP contribution in [0.25, 0.3) is 0 Å². The van der Waals surface area contributed by atoms with E-state index in [0.717, 1.165) is 17.9 Å². The molecule has 0 aliphatic heterocycles. The van der Waals surface area contributed by atoms with Crippen LogP contribution in [0.2, 0.25) is 0 Å². The SMILES string of the molecule is CSC1(CNC(=O)c2c(C)n[nH]c2C)CCCC1. The van der Waals surface area contributed by atoms with Crippen LogP contribution in [0.5, 0.6) is 0 Å². The zero-order valence-electron chi connectivity index (χ0n) is 11.3. The van der Waals surface area contributed by atoms with E-state index in [4.69, 9.17) is 0 Å². The van der Waals surface area contributed by atoms with E-state index in [9.17, 15) is 4.79 Å². The molecule has 0 radical (unpaired) electrons. The van der Waals surface area contributed by atoms with Gasteiger partial charge in [-0.25, -0.2) is 0 Å². The van der Waals surface area contributed by atoms with Crippen molar-refractivity contribution in [1.82, 2.24) is 15.5 Å². The van der Waals surface area contributed by atoms with Gasteiger partial charge in [-0.15, -0.1) is 0 Å². The van der Waals surface area contributed by atoms with Crippen molar-refractivity contribution in [1.29, 1.82) is 0 Å². The molecule has 100 valence electrons. The molecule has 18 heavy (non-hydrogen) atoms. The lowest BCUT2D eigenvalue weighted by molar-refractivity contribution is 0.0948. The number of aromatic nitrogens is 2. The number of aromatic amines is 1. The number of nitrogens with one attached hydrogen (secondary N) is 2. The van der Waals surface area contributed by atoms with E-state index in [0.29, 0.717) is 5.56 Å². The first kappa shape index (κ1) is 13.5. The molecule has 1 amide bonds. The van der Waals surface area contributed by atoms with Gasteiger partial charge in [0.2, 0.25) is 0 Å². The Balaban J connectivity index is 2.00. The number of hydrogen-bond acceptors (Lipinski definition) is 3. The van der Waals surface area contributed by atoms with Crippen molar-refractivity contribution in [2.75, 3.05) is 12.8 Å². The molecule has 1 heterocycles. The average Bonchev–Trinajstić information content (AvgIpc) is 2.95. The molecule has 0 spiro atoms. The number of thioether (sulfide) groups is 1. The molecule has 0 aromatic carbocycles. The van der Waals surface area contributed by atoms with E-state index in [-0.39, 0.29) is 10.7 Å². The van der Waals surface area contributed by atoms with E-state index in [1.807, 2.05) is 25.6 Å². The Labute approximate surface area is 112 Å². The Morgan fingerprint density at radius 2 is 2.11 bits per heavy atom. The van der Waals surface area contributed by atoms with E-state index >= 15 is 0 Å². The zero-order valence-corrected chi connectivity index (χ0v) is 12.1. The summed E-state index contributed by atoms with van der Waals surface area (Å²) in [5.74, 6) is -0.000856. The van der Waals surface area contributed by atoms with Crippen molar-refractivity contribution < 1.29 is 4.79 Å². The number of rotatable bonds is 4. The highest BCUT2D eigenvalue weighted by molar-refractivity contribution is 8.00. The number of H-pyrrole nitrogens is 1. The lowest BCUT2D eigenvalue weighted by Crippen LogP contribution is -2.38. The smallest absolute Gasteiger partial charge is 0.255 e. The molecule has 2 N–H and O–H groups in total. The van der Waals surface area contributed by atoms with Crippen LogP contribution >= 0.6 is 11.8 Å². The van der Waals surface area contributed by atoms with Crippen LogP contribution in [0.3, 0.4) is 0 Å². The third-order valence-corrected chi connectivity index (χ3v) is 5.29. The highest BCUT2D eigenvalue weighted by atomic mass is 32.2. The molecule has 1 saturated carbocycles. The summed E-state index contributed by atoms with van der Waals surface area (Å²) < 4.78 is 0.251. The first-order valence-corrected chi connectivity index (χ1v) is 7.65. The molecule has 0 bridgehead atoms.